The summed E-state index contributed by atoms with van der Waals surface area (Å²) in [6, 6.07) is 8.26. The maximum atomic E-state index is 12.3. The van der Waals surface area contributed by atoms with Gasteiger partial charge >= 0.3 is 5.97 Å². The second kappa shape index (κ2) is 10.7. The van der Waals surface area contributed by atoms with E-state index >= 15 is 0 Å². The number of aliphatic carboxylic acids is 1. The van der Waals surface area contributed by atoms with Crippen LogP contribution in [0.3, 0.4) is 0 Å². The van der Waals surface area contributed by atoms with Crippen LogP contribution in [0.25, 0.3) is 16.5 Å². The molecule has 4 rings (SSSR count). The van der Waals surface area contributed by atoms with Gasteiger partial charge in [-0.05, 0) is 78.5 Å². The molecule has 0 unspecified atom stereocenters. The minimum atomic E-state index is -0.850. The Labute approximate surface area is 211 Å². The molecular formula is C27H35N3O2S2. The third kappa shape index (κ3) is 5.58. The van der Waals surface area contributed by atoms with E-state index in [9.17, 15) is 9.90 Å². The minimum absolute atomic E-state index is 0.121. The molecule has 1 saturated heterocycles. The third-order valence-electron chi connectivity index (χ3n) is 6.71. The van der Waals surface area contributed by atoms with Gasteiger partial charge in [0.1, 0.15) is 0 Å². The monoisotopic (exact) mass is 497 g/mol. The van der Waals surface area contributed by atoms with Crippen molar-refractivity contribution < 1.29 is 9.90 Å². The van der Waals surface area contributed by atoms with E-state index in [1.54, 1.807) is 23.1 Å². The van der Waals surface area contributed by atoms with Crippen molar-refractivity contribution in [1.29, 1.82) is 0 Å². The van der Waals surface area contributed by atoms with E-state index in [-0.39, 0.29) is 5.41 Å². The molecule has 1 aliphatic carbocycles. The first-order valence-corrected chi connectivity index (χ1v) is 14.1. The molecule has 1 aromatic heterocycles. The largest absolute Gasteiger partial charge is 0.478 e. The number of rotatable bonds is 8. The Bertz CT molecular complexity index is 1090. The fraction of sp³-hybridized carbons (Fsp3) is 0.481. The molecule has 5 nitrogen and oxygen atoms in total. The molecule has 0 spiro atoms. The number of benzene rings is 1. The third-order valence-corrected chi connectivity index (χ3v) is 8.86. The van der Waals surface area contributed by atoms with E-state index in [0.29, 0.717) is 5.57 Å². The van der Waals surface area contributed by atoms with Crippen molar-refractivity contribution in [1.82, 2.24) is 10.3 Å². The van der Waals surface area contributed by atoms with E-state index in [0.717, 1.165) is 66.4 Å². The molecule has 2 N–H and O–H groups in total. The second-order valence-electron chi connectivity index (χ2n) is 9.93. The van der Waals surface area contributed by atoms with Crippen LogP contribution in [-0.4, -0.2) is 42.5 Å². The highest BCUT2D eigenvalue weighted by Crippen LogP contribution is 2.45. The molecule has 2 aliphatic rings. The van der Waals surface area contributed by atoms with Gasteiger partial charge in [0.2, 0.25) is 0 Å². The number of thiazole rings is 1. The quantitative estimate of drug-likeness (QED) is 0.410. The van der Waals surface area contributed by atoms with Gasteiger partial charge in [-0.25, -0.2) is 9.78 Å². The van der Waals surface area contributed by atoms with Crippen molar-refractivity contribution in [3.63, 3.8) is 0 Å². The molecule has 182 valence electrons. The summed E-state index contributed by atoms with van der Waals surface area (Å²) in [4.78, 5) is 22.0. The van der Waals surface area contributed by atoms with E-state index in [1.807, 2.05) is 25.3 Å². The fourth-order valence-corrected chi connectivity index (χ4v) is 6.68. The lowest BCUT2D eigenvalue weighted by Gasteiger charge is -2.33. The maximum absolute atomic E-state index is 12.3. The van der Waals surface area contributed by atoms with Crippen molar-refractivity contribution >= 4 is 40.3 Å². The SMILES string of the molecule is CNCc1nc(N2CCCC2)sc1-c1ccc(/C=C(\C(=O)O)C2=C(SC)CCC(C)(C)C2)cc1. The van der Waals surface area contributed by atoms with Gasteiger partial charge in [-0.1, -0.05) is 49.4 Å². The summed E-state index contributed by atoms with van der Waals surface area (Å²) in [5.41, 5.74) is 4.66. The van der Waals surface area contributed by atoms with Crippen LogP contribution in [-0.2, 0) is 11.3 Å². The Morgan fingerprint density at radius 3 is 2.59 bits per heavy atom. The lowest BCUT2D eigenvalue weighted by molar-refractivity contribution is -0.132. The van der Waals surface area contributed by atoms with Crippen LogP contribution < -0.4 is 10.2 Å². The number of carboxylic acid groups (broad SMARTS) is 1. The number of carboxylic acids is 1. The zero-order valence-electron chi connectivity index (χ0n) is 20.6. The molecule has 0 amide bonds. The van der Waals surface area contributed by atoms with Gasteiger partial charge in [0.15, 0.2) is 5.13 Å². The van der Waals surface area contributed by atoms with Gasteiger partial charge in [0, 0.05) is 19.6 Å². The zero-order valence-corrected chi connectivity index (χ0v) is 22.2. The van der Waals surface area contributed by atoms with E-state index in [1.165, 1.54) is 22.6 Å². The Morgan fingerprint density at radius 2 is 1.97 bits per heavy atom. The number of aromatic nitrogens is 1. The predicted molar refractivity (Wildman–Crippen MR) is 146 cm³/mol. The zero-order chi connectivity index (χ0) is 24.3. The Hall–Kier alpha value is -2.09. The van der Waals surface area contributed by atoms with E-state index in [4.69, 9.17) is 4.98 Å². The molecule has 2 heterocycles. The smallest absolute Gasteiger partial charge is 0.336 e. The number of hydrogen-bond donors (Lipinski definition) is 2. The van der Waals surface area contributed by atoms with Crippen LogP contribution in [0.15, 0.2) is 40.3 Å². The standard InChI is InChI=1S/C27H35N3O2S2/c1-27(2)12-11-23(33-4)21(16-27)20(25(31)32)15-18-7-9-19(10-8-18)24-22(17-28-3)29-26(34-24)30-13-5-6-14-30/h7-10,15,28H,5-6,11-14,16-17H2,1-4H3,(H,31,32)/b20-15-. The highest BCUT2D eigenvalue weighted by atomic mass is 32.2. The molecule has 0 bridgehead atoms. The van der Waals surface area contributed by atoms with E-state index < -0.39 is 5.97 Å². The Morgan fingerprint density at radius 1 is 1.26 bits per heavy atom. The average molecular weight is 498 g/mol. The van der Waals surface area contributed by atoms with Gasteiger partial charge in [-0.15, -0.1) is 11.8 Å². The van der Waals surface area contributed by atoms with Crippen LogP contribution in [0.2, 0.25) is 0 Å². The summed E-state index contributed by atoms with van der Waals surface area (Å²) >= 11 is 3.44. The van der Waals surface area contributed by atoms with Crippen molar-refractivity contribution in [2.24, 2.45) is 5.41 Å². The van der Waals surface area contributed by atoms with Crippen LogP contribution in [0.1, 0.15) is 57.2 Å². The molecule has 1 aromatic carbocycles. The molecular weight excluding hydrogens is 462 g/mol. The predicted octanol–water partition coefficient (Wildman–Crippen LogP) is 6.42. The first kappa shape index (κ1) is 25.0. The summed E-state index contributed by atoms with van der Waals surface area (Å²) in [6.45, 7) is 7.35. The molecule has 0 atom stereocenters. The highest BCUT2D eigenvalue weighted by Gasteiger charge is 2.30. The average Bonchev–Trinajstić information content (AvgIpc) is 3.48. The first-order chi connectivity index (χ1) is 16.3. The number of nitrogens with zero attached hydrogens (tertiary/aromatic N) is 2. The fourth-order valence-electron chi connectivity index (χ4n) is 4.81. The molecule has 0 radical (unpaired) electrons. The molecule has 2 aromatic rings. The highest BCUT2D eigenvalue weighted by molar-refractivity contribution is 8.02. The number of anilines is 1. The van der Waals surface area contributed by atoms with E-state index in [2.05, 4.69) is 42.5 Å². The Balaban J connectivity index is 1.65. The Kier molecular flexibility index (Phi) is 7.85. The van der Waals surface area contributed by atoms with Gasteiger partial charge < -0.3 is 15.3 Å². The number of nitrogens with one attached hydrogen (secondary N) is 1. The van der Waals surface area contributed by atoms with Gasteiger partial charge in [0.05, 0.1) is 16.1 Å². The van der Waals surface area contributed by atoms with Gasteiger partial charge in [-0.2, -0.15) is 0 Å². The molecule has 34 heavy (non-hydrogen) atoms. The molecule has 1 fully saturated rings. The summed E-state index contributed by atoms with van der Waals surface area (Å²) in [6.07, 6.45) is 9.20. The second-order valence-corrected chi connectivity index (χ2v) is 11.8. The summed E-state index contributed by atoms with van der Waals surface area (Å²) in [7, 11) is 1.95. The summed E-state index contributed by atoms with van der Waals surface area (Å²) < 4.78 is 0. The van der Waals surface area contributed by atoms with Gasteiger partial charge in [-0.3, -0.25) is 0 Å². The first-order valence-electron chi connectivity index (χ1n) is 12.0. The van der Waals surface area contributed by atoms with Crippen LogP contribution in [0.5, 0.6) is 0 Å². The van der Waals surface area contributed by atoms with Crippen LogP contribution >= 0.6 is 23.1 Å². The summed E-state index contributed by atoms with van der Waals surface area (Å²) in [5.74, 6) is -0.850. The number of hydrogen-bond acceptors (Lipinski definition) is 6. The maximum Gasteiger partial charge on any atom is 0.336 e. The molecule has 0 saturated carbocycles. The lowest BCUT2D eigenvalue weighted by Crippen LogP contribution is -2.20. The molecule has 7 heteroatoms. The van der Waals surface area contributed by atoms with Crippen LogP contribution in [0, 0.1) is 5.41 Å². The topological polar surface area (TPSA) is 65.5 Å². The van der Waals surface area contributed by atoms with Crippen LogP contribution in [0.4, 0.5) is 5.13 Å². The normalized spacial score (nSPS) is 18.6. The minimum Gasteiger partial charge on any atom is -0.478 e. The number of allylic oxidation sites excluding steroid dienone is 1. The lowest BCUT2D eigenvalue weighted by atomic mass is 9.75. The van der Waals surface area contributed by atoms with Gasteiger partial charge in [0.25, 0.3) is 0 Å². The van der Waals surface area contributed by atoms with Crippen molar-refractivity contribution in [3.8, 4) is 10.4 Å². The number of thioether (sulfide) groups is 1. The molecule has 1 aliphatic heterocycles. The van der Waals surface area contributed by atoms with Crippen molar-refractivity contribution in [2.75, 3.05) is 31.3 Å². The van der Waals surface area contributed by atoms with Crippen molar-refractivity contribution in [2.45, 2.75) is 52.5 Å². The number of carbonyl (C=O) groups is 1. The summed E-state index contributed by atoms with van der Waals surface area (Å²) in [5, 5.41) is 14.4. The van der Waals surface area contributed by atoms with Crippen molar-refractivity contribution in [3.05, 3.63) is 51.6 Å².